The van der Waals surface area contributed by atoms with E-state index in [-0.39, 0.29) is 36.4 Å². The number of aliphatic hydroxyl groups excluding tert-OH is 3. The average molecular weight is 492 g/mol. The van der Waals surface area contributed by atoms with Crippen LogP contribution in [0.1, 0.15) is 56.7 Å². The van der Waals surface area contributed by atoms with Crippen molar-refractivity contribution < 1.29 is 34.4 Å². The average Bonchev–Trinajstić information content (AvgIpc) is 3.32. The van der Waals surface area contributed by atoms with Crippen LogP contribution in [-0.2, 0) is 19.1 Å². The van der Waals surface area contributed by atoms with Crippen molar-refractivity contribution in [3.05, 3.63) is 33.3 Å². The number of ketones is 1. The van der Waals surface area contributed by atoms with E-state index < -0.39 is 35.8 Å². The fourth-order valence-electron chi connectivity index (χ4n) is 5.09. The number of epoxide rings is 1. The van der Waals surface area contributed by atoms with Crippen LogP contribution < -0.4 is 0 Å². The number of hydrogen-bond acceptors (Lipinski definition) is 9. The second-order valence-corrected chi connectivity index (χ2v) is 10.8. The molecule has 0 amide bonds. The normalized spacial score (nSPS) is 37.4. The second kappa shape index (κ2) is 9.99. The molecule has 1 saturated heterocycles. The first-order valence-electron chi connectivity index (χ1n) is 11.8. The highest BCUT2D eigenvalue weighted by atomic mass is 32.1. The van der Waals surface area contributed by atoms with E-state index in [9.17, 15) is 24.9 Å². The van der Waals surface area contributed by atoms with Gasteiger partial charge < -0.3 is 24.8 Å². The Bertz CT molecular complexity index is 1000. The Morgan fingerprint density at radius 3 is 2.79 bits per heavy atom. The molecule has 2 aliphatic heterocycles. The highest BCUT2D eigenvalue weighted by Gasteiger charge is 2.56. The number of thiazole rings is 1. The topological polar surface area (TPSA) is 129 Å². The molecule has 1 aromatic rings. The van der Waals surface area contributed by atoms with Gasteiger partial charge in [-0.15, -0.1) is 11.3 Å². The van der Waals surface area contributed by atoms with E-state index in [4.69, 9.17) is 9.47 Å². The molecule has 34 heavy (non-hydrogen) atoms. The van der Waals surface area contributed by atoms with Gasteiger partial charge in [0.05, 0.1) is 42.0 Å². The van der Waals surface area contributed by atoms with Gasteiger partial charge in [-0.3, -0.25) is 9.59 Å². The molecule has 7 atom stereocenters. The maximum Gasteiger partial charge on any atom is 0.309 e. The number of ether oxygens (including phenoxy) is 2. The van der Waals surface area contributed by atoms with E-state index in [1.165, 1.54) is 11.3 Å². The number of aryl methyl sites for hydroxylation is 1. The summed E-state index contributed by atoms with van der Waals surface area (Å²) in [6.45, 7) is 5.27. The lowest BCUT2D eigenvalue weighted by Gasteiger charge is -2.32. The van der Waals surface area contributed by atoms with Crippen molar-refractivity contribution in [2.24, 2.45) is 11.8 Å². The van der Waals surface area contributed by atoms with E-state index in [1.807, 2.05) is 25.3 Å². The molecule has 1 fully saturated rings. The van der Waals surface area contributed by atoms with Gasteiger partial charge >= 0.3 is 5.97 Å². The molecule has 2 bridgehead atoms. The van der Waals surface area contributed by atoms with Crippen molar-refractivity contribution in [1.29, 1.82) is 0 Å². The molecular formula is C25H33NO7S. The smallest absolute Gasteiger partial charge is 0.309 e. The SMILES string of the molecule is C/C(=C\c1csc(C)n1)[C@@H]1CC2O[C@]2(CO)CCC[C@@H]2C=C(C(=O)[C@H](C)[C@H]2O)[C@@H](O)CC(=O)O1. The van der Waals surface area contributed by atoms with Crippen molar-refractivity contribution in [3.63, 3.8) is 0 Å². The Kier molecular flexibility index (Phi) is 7.40. The minimum atomic E-state index is -1.29. The van der Waals surface area contributed by atoms with Gasteiger partial charge in [0.25, 0.3) is 0 Å². The first-order valence-corrected chi connectivity index (χ1v) is 12.7. The molecule has 0 aromatic carbocycles. The first-order chi connectivity index (χ1) is 16.1. The molecule has 1 aromatic heterocycles. The number of Topliss-reactive ketones (excluding diaryl/α,β-unsaturated/α-hetero) is 1. The Labute approximate surface area is 203 Å². The monoisotopic (exact) mass is 491 g/mol. The first kappa shape index (κ1) is 25.2. The predicted octanol–water partition coefficient (Wildman–Crippen LogP) is 2.34. The molecule has 3 N–H and O–H groups in total. The number of hydrogen-bond donors (Lipinski definition) is 3. The maximum absolute atomic E-state index is 12.8. The highest BCUT2D eigenvalue weighted by Crippen LogP contribution is 2.45. The Hall–Kier alpha value is -1.91. The molecule has 1 unspecified atom stereocenters. The summed E-state index contributed by atoms with van der Waals surface area (Å²) in [6.07, 6.45) is 2.31. The summed E-state index contributed by atoms with van der Waals surface area (Å²) < 4.78 is 11.7. The molecule has 8 nitrogen and oxygen atoms in total. The fourth-order valence-corrected chi connectivity index (χ4v) is 5.66. The predicted molar refractivity (Wildman–Crippen MR) is 126 cm³/mol. The number of carbonyl (C=O) groups excluding carboxylic acids is 2. The molecule has 0 radical (unpaired) electrons. The molecule has 3 heterocycles. The fraction of sp³-hybridized carbons (Fsp3) is 0.640. The van der Waals surface area contributed by atoms with Crippen LogP contribution >= 0.6 is 11.3 Å². The number of fused-ring (bicyclic) bond motifs is 2. The van der Waals surface area contributed by atoms with E-state index in [1.54, 1.807) is 13.0 Å². The summed E-state index contributed by atoms with van der Waals surface area (Å²) in [5.41, 5.74) is 1.03. The molecule has 0 saturated carbocycles. The van der Waals surface area contributed by atoms with Crippen molar-refractivity contribution in [2.75, 3.05) is 6.61 Å². The molecular weight excluding hydrogens is 458 g/mol. The number of nitrogens with zero attached hydrogens (tertiary/aromatic N) is 1. The summed E-state index contributed by atoms with van der Waals surface area (Å²) in [6, 6.07) is 0. The Morgan fingerprint density at radius 1 is 1.35 bits per heavy atom. The number of rotatable bonds is 3. The number of carbonyl (C=O) groups is 2. The van der Waals surface area contributed by atoms with Crippen LogP contribution in [-0.4, -0.2) is 68.7 Å². The van der Waals surface area contributed by atoms with Crippen LogP contribution in [0.2, 0.25) is 0 Å². The van der Waals surface area contributed by atoms with Crippen LogP contribution in [0.25, 0.3) is 6.08 Å². The van der Waals surface area contributed by atoms with E-state index in [0.29, 0.717) is 25.7 Å². The molecule has 0 spiro atoms. The van der Waals surface area contributed by atoms with Gasteiger partial charge in [0.1, 0.15) is 11.7 Å². The quantitative estimate of drug-likeness (QED) is 0.434. The Morgan fingerprint density at radius 2 is 2.12 bits per heavy atom. The summed E-state index contributed by atoms with van der Waals surface area (Å²) in [4.78, 5) is 30.0. The zero-order valence-electron chi connectivity index (χ0n) is 19.8. The minimum Gasteiger partial charge on any atom is -0.458 e. The molecule has 3 aliphatic rings. The van der Waals surface area contributed by atoms with E-state index in [0.717, 1.165) is 16.3 Å². The van der Waals surface area contributed by atoms with Crippen LogP contribution in [0.3, 0.4) is 0 Å². The Balaban J connectivity index is 1.61. The van der Waals surface area contributed by atoms with Crippen molar-refractivity contribution in [1.82, 2.24) is 4.98 Å². The standard InChI is InChI=1S/C25H33NO7S/c1-13(7-17-11-34-15(3)26-17)20-10-21-25(12-27,33-21)6-4-5-16-8-18(19(28)9-22(29)32-20)24(31)14(2)23(16)30/h7-8,11,14,16,19-21,23,27-28,30H,4-6,9-10,12H2,1-3H3/b13-7+/t14-,16-,19+,20+,21?,23-,25+/m1/s1. The molecule has 9 heteroatoms. The zero-order chi connectivity index (χ0) is 24.6. The molecule has 186 valence electrons. The second-order valence-electron chi connectivity index (χ2n) is 9.76. The van der Waals surface area contributed by atoms with Crippen molar-refractivity contribution in [2.45, 2.75) is 82.9 Å². The van der Waals surface area contributed by atoms with Crippen LogP contribution in [0.4, 0.5) is 0 Å². The number of cyclic esters (lactones) is 1. The number of esters is 1. The lowest BCUT2D eigenvalue weighted by Crippen LogP contribution is -2.40. The van der Waals surface area contributed by atoms with Gasteiger partial charge in [0.15, 0.2) is 5.78 Å². The van der Waals surface area contributed by atoms with Gasteiger partial charge in [-0.05, 0) is 44.8 Å². The lowest BCUT2D eigenvalue weighted by atomic mass is 9.75. The maximum atomic E-state index is 12.8. The third-order valence-corrected chi connectivity index (χ3v) is 8.09. The van der Waals surface area contributed by atoms with Gasteiger partial charge in [-0.2, -0.15) is 0 Å². The molecule has 4 rings (SSSR count). The van der Waals surface area contributed by atoms with Gasteiger partial charge in [-0.25, -0.2) is 4.98 Å². The van der Waals surface area contributed by atoms with Gasteiger partial charge in [0.2, 0.25) is 0 Å². The van der Waals surface area contributed by atoms with Crippen LogP contribution in [0.15, 0.2) is 22.6 Å². The van der Waals surface area contributed by atoms with E-state index in [2.05, 4.69) is 4.98 Å². The zero-order valence-corrected chi connectivity index (χ0v) is 20.6. The summed E-state index contributed by atoms with van der Waals surface area (Å²) >= 11 is 1.53. The number of aromatic nitrogens is 1. The van der Waals surface area contributed by atoms with Crippen molar-refractivity contribution in [3.8, 4) is 0 Å². The summed E-state index contributed by atoms with van der Waals surface area (Å²) in [7, 11) is 0. The van der Waals surface area contributed by atoms with Crippen molar-refractivity contribution >= 4 is 29.2 Å². The molecule has 1 aliphatic carbocycles. The third kappa shape index (κ3) is 5.18. The van der Waals surface area contributed by atoms with Crippen LogP contribution in [0, 0.1) is 18.8 Å². The van der Waals surface area contributed by atoms with E-state index >= 15 is 0 Å². The highest BCUT2D eigenvalue weighted by molar-refractivity contribution is 7.09. The lowest BCUT2D eigenvalue weighted by molar-refractivity contribution is -0.149. The van der Waals surface area contributed by atoms with Crippen LogP contribution in [0.5, 0.6) is 0 Å². The third-order valence-electron chi connectivity index (χ3n) is 7.30. The number of aliphatic hydroxyl groups is 3. The van der Waals surface area contributed by atoms with Gasteiger partial charge in [0, 0.05) is 29.2 Å². The largest absolute Gasteiger partial charge is 0.458 e. The summed E-state index contributed by atoms with van der Waals surface area (Å²) in [5, 5.41) is 34.2. The minimum absolute atomic E-state index is 0.145. The summed E-state index contributed by atoms with van der Waals surface area (Å²) in [5.74, 6) is -1.96. The van der Waals surface area contributed by atoms with Gasteiger partial charge in [-0.1, -0.05) is 13.0 Å².